The Morgan fingerprint density at radius 2 is 1.73 bits per heavy atom. The Bertz CT molecular complexity index is 708. The van der Waals surface area contributed by atoms with E-state index in [0.717, 1.165) is 0 Å². The molecule has 0 aliphatic heterocycles. The predicted octanol–water partition coefficient (Wildman–Crippen LogP) is 3.18. The Balaban J connectivity index is 2.11. The fourth-order valence-electron chi connectivity index (χ4n) is 1.79. The molecule has 2 aromatic carbocycles. The molecule has 114 valence electrons. The second-order valence-corrected chi connectivity index (χ2v) is 4.34. The summed E-state index contributed by atoms with van der Waals surface area (Å²) in [5.74, 6) is 0.0476. The summed E-state index contributed by atoms with van der Waals surface area (Å²) in [7, 11) is 1.41. The van der Waals surface area contributed by atoms with Crippen LogP contribution in [0.25, 0.3) is 0 Å². The number of phenolic OH excluding ortho intramolecular Hbond substituents is 1. The Kier molecular flexibility index (Phi) is 4.63. The van der Waals surface area contributed by atoms with Crippen LogP contribution < -0.4 is 14.2 Å². The average Bonchev–Trinajstić information content (AvgIpc) is 2.47. The van der Waals surface area contributed by atoms with Crippen LogP contribution >= 0.6 is 0 Å². The van der Waals surface area contributed by atoms with E-state index < -0.39 is 6.16 Å². The minimum atomic E-state index is -1.02. The van der Waals surface area contributed by atoms with Crippen LogP contribution in [0.3, 0.4) is 0 Å². The zero-order chi connectivity index (χ0) is 16.1. The summed E-state index contributed by atoms with van der Waals surface area (Å²) in [5, 5.41) is 9.61. The van der Waals surface area contributed by atoms with Crippen molar-refractivity contribution in [3.63, 3.8) is 0 Å². The Hall–Kier alpha value is -3.02. The number of phenols is 1. The van der Waals surface area contributed by atoms with Crippen LogP contribution in [0.1, 0.15) is 17.3 Å². The topological polar surface area (TPSA) is 82.1 Å². The third-order valence-corrected chi connectivity index (χ3v) is 2.81. The highest BCUT2D eigenvalue weighted by Gasteiger charge is 2.14. The van der Waals surface area contributed by atoms with Gasteiger partial charge in [0.05, 0.1) is 12.7 Å². The summed E-state index contributed by atoms with van der Waals surface area (Å²) in [5.41, 5.74) is 0.275. The van der Waals surface area contributed by atoms with E-state index in [2.05, 4.69) is 0 Å². The van der Waals surface area contributed by atoms with Crippen LogP contribution in [0.5, 0.6) is 23.0 Å². The molecule has 0 bridgehead atoms. The molecule has 2 rings (SSSR count). The van der Waals surface area contributed by atoms with Gasteiger partial charge in [-0.3, -0.25) is 4.79 Å². The van der Waals surface area contributed by atoms with Gasteiger partial charge in [0.15, 0.2) is 17.3 Å². The Labute approximate surface area is 126 Å². The molecule has 0 unspecified atom stereocenters. The molecule has 22 heavy (non-hydrogen) atoms. The molecule has 0 saturated carbocycles. The minimum absolute atomic E-state index is 0.0867. The summed E-state index contributed by atoms with van der Waals surface area (Å²) in [6.07, 6.45) is -1.02. The zero-order valence-electron chi connectivity index (χ0n) is 12.0. The first kappa shape index (κ1) is 15.4. The fraction of sp³-hybridized carbons (Fsp3) is 0.125. The Morgan fingerprint density at radius 1 is 1.00 bits per heavy atom. The second-order valence-electron chi connectivity index (χ2n) is 4.34. The maximum Gasteiger partial charge on any atom is 0.519 e. The van der Waals surface area contributed by atoms with E-state index in [-0.39, 0.29) is 34.3 Å². The number of Topliss-reactive ketones (excluding diaryl/α,β-unsaturated/α-hetero) is 1. The van der Waals surface area contributed by atoms with Crippen LogP contribution in [0.15, 0.2) is 42.5 Å². The van der Waals surface area contributed by atoms with Crippen molar-refractivity contribution in [3.05, 3.63) is 48.0 Å². The lowest BCUT2D eigenvalue weighted by atomic mass is 10.1. The molecule has 6 heteroatoms. The molecule has 0 saturated heterocycles. The number of ketones is 1. The largest absolute Gasteiger partial charge is 0.519 e. The molecule has 0 amide bonds. The molecular formula is C16H14O6. The highest BCUT2D eigenvalue weighted by atomic mass is 16.7. The number of hydrogen-bond donors (Lipinski definition) is 1. The molecule has 1 N–H and O–H groups in total. The van der Waals surface area contributed by atoms with Gasteiger partial charge in [0.2, 0.25) is 0 Å². The number of ether oxygens (including phenoxy) is 3. The monoisotopic (exact) mass is 302 g/mol. The van der Waals surface area contributed by atoms with Gasteiger partial charge in [-0.25, -0.2) is 4.79 Å². The van der Waals surface area contributed by atoms with E-state index >= 15 is 0 Å². The Morgan fingerprint density at radius 3 is 2.36 bits per heavy atom. The minimum Gasteiger partial charge on any atom is -0.504 e. The molecule has 0 aromatic heterocycles. The summed E-state index contributed by atoms with van der Waals surface area (Å²) >= 11 is 0. The lowest BCUT2D eigenvalue weighted by Crippen LogP contribution is -2.15. The van der Waals surface area contributed by atoms with Crippen molar-refractivity contribution in [3.8, 4) is 23.0 Å². The van der Waals surface area contributed by atoms with E-state index in [4.69, 9.17) is 14.2 Å². The number of rotatable bonds is 4. The summed E-state index contributed by atoms with van der Waals surface area (Å²) in [6.45, 7) is 1.37. The van der Waals surface area contributed by atoms with Gasteiger partial charge in [0.1, 0.15) is 11.5 Å². The van der Waals surface area contributed by atoms with Crippen LogP contribution in [-0.2, 0) is 0 Å². The number of para-hydroxylation sites is 1. The molecule has 2 aromatic rings. The number of benzene rings is 2. The smallest absolute Gasteiger partial charge is 0.504 e. The third-order valence-electron chi connectivity index (χ3n) is 2.81. The lowest BCUT2D eigenvalue weighted by molar-refractivity contribution is 0.101. The first-order valence-corrected chi connectivity index (χ1v) is 6.38. The second kappa shape index (κ2) is 6.62. The van der Waals surface area contributed by atoms with Crippen LogP contribution in [-0.4, -0.2) is 24.2 Å². The lowest BCUT2D eigenvalue weighted by Gasteiger charge is -2.09. The third kappa shape index (κ3) is 3.54. The van der Waals surface area contributed by atoms with Gasteiger partial charge in [-0.15, -0.1) is 0 Å². The molecule has 0 aliphatic carbocycles. The average molecular weight is 302 g/mol. The molecule has 0 aliphatic rings. The first-order valence-electron chi connectivity index (χ1n) is 6.38. The van der Waals surface area contributed by atoms with E-state index in [0.29, 0.717) is 0 Å². The first-order chi connectivity index (χ1) is 10.5. The van der Waals surface area contributed by atoms with E-state index in [1.807, 2.05) is 0 Å². The molecular weight excluding hydrogens is 288 g/mol. The van der Waals surface area contributed by atoms with Crippen molar-refractivity contribution >= 4 is 11.9 Å². The molecule has 0 atom stereocenters. The van der Waals surface area contributed by atoms with E-state index in [1.165, 1.54) is 38.3 Å². The molecule has 6 nitrogen and oxygen atoms in total. The van der Waals surface area contributed by atoms with Crippen LogP contribution in [0.2, 0.25) is 0 Å². The number of hydrogen-bond acceptors (Lipinski definition) is 6. The van der Waals surface area contributed by atoms with Gasteiger partial charge in [-0.05, 0) is 31.2 Å². The SMILES string of the molecule is COc1ccc(OC(=O)Oc2ccccc2C(C)=O)cc1O. The van der Waals surface area contributed by atoms with Gasteiger partial charge in [0.25, 0.3) is 0 Å². The summed E-state index contributed by atoms with van der Waals surface area (Å²) in [6, 6.07) is 10.4. The summed E-state index contributed by atoms with van der Waals surface area (Å²) < 4.78 is 14.8. The molecule has 0 fully saturated rings. The fourth-order valence-corrected chi connectivity index (χ4v) is 1.79. The van der Waals surface area contributed by atoms with Crippen molar-refractivity contribution in [1.29, 1.82) is 0 Å². The van der Waals surface area contributed by atoms with Gasteiger partial charge >= 0.3 is 6.16 Å². The molecule has 0 spiro atoms. The van der Waals surface area contributed by atoms with Gasteiger partial charge < -0.3 is 19.3 Å². The maximum atomic E-state index is 11.8. The highest BCUT2D eigenvalue weighted by molar-refractivity contribution is 5.97. The van der Waals surface area contributed by atoms with E-state index in [9.17, 15) is 14.7 Å². The normalized spacial score (nSPS) is 9.91. The van der Waals surface area contributed by atoms with E-state index in [1.54, 1.807) is 18.2 Å². The van der Waals surface area contributed by atoms with Gasteiger partial charge in [-0.2, -0.15) is 0 Å². The van der Waals surface area contributed by atoms with Gasteiger partial charge in [-0.1, -0.05) is 12.1 Å². The standard InChI is InChI=1S/C16H14O6/c1-10(17)12-5-3-4-6-14(12)22-16(19)21-11-7-8-15(20-2)13(18)9-11/h3-9,18H,1-2H3. The summed E-state index contributed by atoms with van der Waals surface area (Å²) in [4.78, 5) is 23.2. The van der Waals surface area contributed by atoms with Crippen molar-refractivity contribution in [2.24, 2.45) is 0 Å². The van der Waals surface area contributed by atoms with Crippen LogP contribution in [0.4, 0.5) is 4.79 Å². The highest BCUT2D eigenvalue weighted by Crippen LogP contribution is 2.30. The number of carbonyl (C=O) groups is 2. The van der Waals surface area contributed by atoms with Crippen LogP contribution in [0, 0.1) is 0 Å². The van der Waals surface area contributed by atoms with Crippen molar-refractivity contribution in [2.45, 2.75) is 6.92 Å². The predicted molar refractivity (Wildman–Crippen MR) is 77.8 cm³/mol. The van der Waals surface area contributed by atoms with Crippen molar-refractivity contribution in [2.75, 3.05) is 7.11 Å². The van der Waals surface area contributed by atoms with Crippen molar-refractivity contribution < 1.29 is 28.9 Å². The molecule has 0 radical (unpaired) electrons. The maximum absolute atomic E-state index is 11.8. The number of carbonyl (C=O) groups excluding carboxylic acids is 2. The zero-order valence-corrected chi connectivity index (χ0v) is 12.0. The van der Waals surface area contributed by atoms with Crippen molar-refractivity contribution in [1.82, 2.24) is 0 Å². The van der Waals surface area contributed by atoms with Gasteiger partial charge in [0, 0.05) is 6.07 Å². The number of aromatic hydroxyl groups is 1. The molecule has 0 heterocycles. The quantitative estimate of drug-likeness (QED) is 0.530. The number of methoxy groups -OCH3 is 1.